The van der Waals surface area contributed by atoms with E-state index in [1.54, 1.807) is 0 Å². The first kappa shape index (κ1) is 20.7. The number of carbonyl (C=O) groups excluding carboxylic acids is 2. The average Bonchev–Trinajstić information content (AvgIpc) is 2.61. The summed E-state index contributed by atoms with van der Waals surface area (Å²) < 4.78 is 0. The summed E-state index contributed by atoms with van der Waals surface area (Å²) in [5, 5.41) is 2.81. The molecule has 0 bridgehead atoms. The molecule has 0 fully saturated rings. The molecule has 0 aliphatic rings. The summed E-state index contributed by atoms with van der Waals surface area (Å²) in [6, 6.07) is 15.9. The van der Waals surface area contributed by atoms with Crippen LogP contribution in [0.2, 0.25) is 0 Å². The van der Waals surface area contributed by atoms with Crippen molar-refractivity contribution in [2.45, 2.75) is 47.1 Å². The third-order valence-corrected chi connectivity index (χ3v) is 4.46. The third-order valence-electron chi connectivity index (χ3n) is 4.46. The SMILES string of the molecule is CCNC(=O)Cc1ccc(N(Cc2ccccc2C)C(=O)CC(C)C)cc1. The molecule has 0 aromatic heterocycles. The fraction of sp³-hybridized carbons (Fsp3) is 0.391. The lowest BCUT2D eigenvalue weighted by Gasteiger charge is -2.25. The van der Waals surface area contributed by atoms with E-state index in [1.165, 1.54) is 5.56 Å². The molecule has 0 spiro atoms. The number of amides is 2. The first-order valence-corrected chi connectivity index (χ1v) is 9.61. The van der Waals surface area contributed by atoms with Crippen molar-refractivity contribution in [2.24, 2.45) is 5.92 Å². The summed E-state index contributed by atoms with van der Waals surface area (Å²) in [6.45, 7) is 9.26. The van der Waals surface area contributed by atoms with Crippen LogP contribution >= 0.6 is 0 Å². The van der Waals surface area contributed by atoms with E-state index in [-0.39, 0.29) is 11.8 Å². The van der Waals surface area contributed by atoms with Crippen LogP contribution in [0, 0.1) is 12.8 Å². The number of rotatable bonds is 8. The summed E-state index contributed by atoms with van der Waals surface area (Å²) >= 11 is 0. The Morgan fingerprint density at radius 1 is 1.04 bits per heavy atom. The largest absolute Gasteiger partial charge is 0.356 e. The van der Waals surface area contributed by atoms with E-state index < -0.39 is 0 Å². The molecule has 4 nitrogen and oxygen atoms in total. The lowest BCUT2D eigenvalue weighted by Crippen LogP contribution is -2.31. The number of aryl methyl sites for hydroxylation is 1. The van der Waals surface area contributed by atoms with Crippen molar-refractivity contribution in [3.8, 4) is 0 Å². The molecule has 0 unspecified atom stereocenters. The lowest BCUT2D eigenvalue weighted by atomic mass is 10.1. The first-order chi connectivity index (χ1) is 12.9. The second kappa shape index (κ2) is 9.91. The lowest BCUT2D eigenvalue weighted by molar-refractivity contribution is -0.120. The van der Waals surface area contributed by atoms with E-state index in [0.717, 1.165) is 16.8 Å². The quantitative estimate of drug-likeness (QED) is 0.759. The van der Waals surface area contributed by atoms with Crippen molar-refractivity contribution in [3.05, 3.63) is 65.2 Å². The van der Waals surface area contributed by atoms with Gasteiger partial charge in [0.15, 0.2) is 0 Å². The molecular weight excluding hydrogens is 336 g/mol. The maximum atomic E-state index is 12.9. The molecule has 0 aliphatic heterocycles. The molecule has 144 valence electrons. The van der Waals surface area contributed by atoms with Crippen molar-refractivity contribution in [2.75, 3.05) is 11.4 Å². The standard InChI is InChI=1S/C23H30N2O2/c1-5-24-22(26)15-19-10-12-21(13-11-19)25(23(27)14-17(2)3)16-20-9-7-6-8-18(20)4/h6-13,17H,5,14-16H2,1-4H3,(H,24,26). The summed E-state index contributed by atoms with van der Waals surface area (Å²) in [6.07, 6.45) is 0.860. The van der Waals surface area contributed by atoms with Gasteiger partial charge in [-0.3, -0.25) is 9.59 Å². The molecule has 0 aliphatic carbocycles. The van der Waals surface area contributed by atoms with Gasteiger partial charge in [-0.1, -0.05) is 50.2 Å². The normalized spacial score (nSPS) is 10.7. The number of hydrogen-bond donors (Lipinski definition) is 1. The monoisotopic (exact) mass is 366 g/mol. The summed E-state index contributed by atoms with van der Waals surface area (Å²) in [5.41, 5.74) is 4.12. The molecule has 0 heterocycles. The summed E-state index contributed by atoms with van der Waals surface area (Å²) in [5.74, 6) is 0.427. The molecule has 1 N–H and O–H groups in total. The van der Waals surface area contributed by atoms with Gasteiger partial charge in [0.2, 0.25) is 11.8 Å². The Morgan fingerprint density at radius 3 is 2.30 bits per heavy atom. The van der Waals surface area contributed by atoms with E-state index in [4.69, 9.17) is 0 Å². The van der Waals surface area contributed by atoms with Crippen LogP contribution in [0.15, 0.2) is 48.5 Å². The van der Waals surface area contributed by atoms with Crippen LogP contribution in [-0.4, -0.2) is 18.4 Å². The summed E-state index contributed by atoms with van der Waals surface area (Å²) in [7, 11) is 0. The van der Waals surface area contributed by atoms with E-state index in [0.29, 0.717) is 31.8 Å². The van der Waals surface area contributed by atoms with Gasteiger partial charge in [0.05, 0.1) is 13.0 Å². The maximum absolute atomic E-state index is 12.9. The molecule has 2 aromatic rings. The van der Waals surface area contributed by atoms with Gasteiger partial charge in [0.25, 0.3) is 0 Å². The smallest absolute Gasteiger partial charge is 0.227 e. The van der Waals surface area contributed by atoms with Gasteiger partial charge >= 0.3 is 0 Å². The van der Waals surface area contributed by atoms with E-state index >= 15 is 0 Å². The van der Waals surface area contributed by atoms with Crippen LogP contribution in [0.3, 0.4) is 0 Å². The average molecular weight is 367 g/mol. The number of nitrogens with zero attached hydrogens (tertiary/aromatic N) is 1. The van der Waals surface area contributed by atoms with Crippen molar-refractivity contribution < 1.29 is 9.59 Å². The topological polar surface area (TPSA) is 49.4 Å². The Hall–Kier alpha value is -2.62. The van der Waals surface area contributed by atoms with Crippen molar-refractivity contribution in [1.82, 2.24) is 5.32 Å². The molecule has 0 atom stereocenters. The minimum Gasteiger partial charge on any atom is -0.356 e. The highest BCUT2D eigenvalue weighted by Crippen LogP contribution is 2.22. The van der Waals surface area contributed by atoms with Crippen molar-refractivity contribution >= 4 is 17.5 Å². The van der Waals surface area contributed by atoms with Gasteiger partial charge < -0.3 is 10.2 Å². The molecule has 2 rings (SSSR count). The van der Waals surface area contributed by atoms with Gasteiger partial charge in [-0.15, -0.1) is 0 Å². The van der Waals surface area contributed by atoms with Crippen LogP contribution in [0.5, 0.6) is 0 Å². The third kappa shape index (κ3) is 6.24. The van der Waals surface area contributed by atoms with Crippen LogP contribution in [0.25, 0.3) is 0 Å². The highest BCUT2D eigenvalue weighted by molar-refractivity contribution is 5.93. The van der Waals surface area contributed by atoms with Crippen LogP contribution in [-0.2, 0) is 22.6 Å². The fourth-order valence-corrected chi connectivity index (χ4v) is 2.98. The zero-order valence-corrected chi connectivity index (χ0v) is 16.8. The Kier molecular flexibility index (Phi) is 7.59. The molecule has 27 heavy (non-hydrogen) atoms. The van der Waals surface area contributed by atoms with Crippen molar-refractivity contribution in [1.29, 1.82) is 0 Å². The number of benzene rings is 2. The number of nitrogens with one attached hydrogen (secondary N) is 1. The summed E-state index contributed by atoms with van der Waals surface area (Å²) in [4.78, 5) is 26.5. The van der Waals surface area contributed by atoms with Gasteiger partial charge in [-0.25, -0.2) is 0 Å². The second-order valence-corrected chi connectivity index (χ2v) is 7.30. The van der Waals surface area contributed by atoms with Crippen LogP contribution < -0.4 is 10.2 Å². The molecule has 2 amide bonds. The number of anilines is 1. The number of carbonyl (C=O) groups is 2. The number of likely N-dealkylation sites (N-methyl/N-ethyl adjacent to an activating group) is 1. The minimum absolute atomic E-state index is 0.0119. The Morgan fingerprint density at radius 2 is 1.70 bits per heavy atom. The molecule has 0 saturated heterocycles. The molecular formula is C23H30N2O2. The van der Waals surface area contributed by atoms with Crippen LogP contribution in [0.1, 0.15) is 43.9 Å². The minimum atomic E-state index is 0.0119. The predicted molar refractivity (Wildman–Crippen MR) is 111 cm³/mol. The van der Waals surface area contributed by atoms with E-state index in [1.807, 2.05) is 48.2 Å². The van der Waals surface area contributed by atoms with Gasteiger partial charge in [-0.05, 0) is 48.6 Å². The Bertz CT molecular complexity index is 766. The Labute approximate surface area is 162 Å². The predicted octanol–water partition coefficient (Wildman–Crippen LogP) is 4.25. The zero-order valence-electron chi connectivity index (χ0n) is 16.8. The van der Waals surface area contributed by atoms with E-state index in [9.17, 15) is 9.59 Å². The number of hydrogen-bond acceptors (Lipinski definition) is 2. The molecule has 4 heteroatoms. The van der Waals surface area contributed by atoms with Gasteiger partial charge in [0.1, 0.15) is 0 Å². The highest BCUT2D eigenvalue weighted by Gasteiger charge is 2.18. The second-order valence-electron chi connectivity index (χ2n) is 7.30. The molecule has 0 saturated carbocycles. The van der Waals surface area contributed by atoms with Crippen LogP contribution in [0.4, 0.5) is 5.69 Å². The zero-order chi connectivity index (χ0) is 19.8. The van der Waals surface area contributed by atoms with Crippen molar-refractivity contribution in [3.63, 3.8) is 0 Å². The van der Waals surface area contributed by atoms with E-state index in [2.05, 4.69) is 38.2 Å². The fourth-order valence-electron chi connectivity index (χ4n) is 2.98. The molecule has 2 aromatic carbocycles. The van der Waals surface area contributed by atoms with Gasteiger partial charge in [0, 0.05) is 18.7 Å². The molecule has 0 radical (unpaired) electrons. The van der Waals surface area contributed by atoms with Gasteiger partial charge in [-0.2, -0.15) is 0 Å². The first-order valence-electron chi connectivity index (χ1n) is 9.61. The maximum Gasteiger partial charge on any atom is 0.227 e. The Balaban J connectivity index is 2.23. The highest BCUT2D eigenvalue weighted by atomic mass is 16.2.